The number of amides is 8. The highest BCUT2D eigenvalue weighted by molar-refractivity contribution is 7.47. The number of nitrogens with one attached hydrogen (secondary N) is 10. The Morgan fingerprint density at radius 3 is 1.06 bits per heavy atom. The number of carboxylic acids is 9. The van der Waals surface area contributed by atoms with E-state index in [9.17, 15) is 162 Å². The van der Waals surface area contributed by atoms with E-state index < -0.39 is 314 Å². The van der Waals surface area contributed by atoms with Crippen molar-refractivity contribution in [2.24, 2.45) is 0 Å². The number of phosphoric acid groups is 1. The molecule has 0 bridgehead atoms. The summed E-state index contributed by atoms with van der Waals surface area (Å²) in [6.07, 6.45) is -20.2. The van der Waals surface area contributed by atoms with Gasteiger partial charge in [-0.1, -0.05) is 0 Å². The Morgan fingerprint density at radius 1 is 0.439 bits per heavy atom. The average molecular weight is 1550 g/mol. The second-order valence-electron chi connectivity index (χ2n) is 23.6. The van der Waals surface area contributed by atoms with Crippen molar-refractivity contribution in [1.82, 2.24) is 57.1 Å². The summed E-state index contributed by atoms with van der Waals surface area (Å²) in [7, 11) is -5.42. The Bertz CT molecular complexity index is 4030. The van der Waals surface area contributed by atoms with Crippen molar-refractivity contribution in [1.29, 1.82) is 0 Å². The van der Waals surface area contributed by atoms with Crippen LogP contribution in [0.25, 0.3) is 22.3 Å². The number of carboxylic acid groups (broad SMARTS) is 9. The van der Waals surface area contributed by atoms with Crippen LogP contribution in [0, 0.1) is 0 Å². The minimum Gasteiger partial charge on any atom is -0.481 e. The minimum atomic E-state index is -5.42. The molecule has 13 atom stereocenters. The number of benzene rings is 1. The second kappa shape index (κ2) is 42.3. The predicted molar refractivity (Wildman–Crippen MR) is 348 cm³/mol. The van der Waals surface area contributed by atoms with E-state index in [4.69, 9.17) is 9.63 Å². The van der Waals surface area contributed by atoms with Gasteiger partial charge in [-0.2, -0.15) is 0 Å². The molecule has 1 aromatic rings. The molecule has 0 aromatic carbocycles. The van der Waals surface area contributed by atoms with Crippen LogP contribution in [-0.4, -0.2) is 261 Å². The largest absolute Gasteiger partial charge is 0.481 e. The number of aliphatic hydroxyl groups excluding tert-OH is 3. The molecule has 0 fully saturated rings. The van der Waals surface area contributed by atoms with Crippen molar-refractivity contribution in [3.63, 3.8) is 0 Å². The number of fused-ring (bicyclic) bond motifs is 2. The lowest BCUT2D eigenvalue weighted by Gasteiger charge is -2.26. The monoisotopic (exact) mass is 1550 g/mol. The molecule has 107 heavy (non-hydrogen) atoms. The molecule has 1 aliphatic heterocycles. The molecular weight excluding hydrogens is 1470 g/mol. The second-order valence-corrected chi connectivity index (χ2v) is 25.0. The van der Waals surface area contributed by atoms with E-state index in [0.717, 1.165) is 23.6 Å². The molecule has 48 heteroatoms. The fourth-order valence-corrected chi connectivity index (χ4v) is 10.6. The molecule has 1 aliphatic carbocycles. The number of phosphoric ester groups is 1. The topological polar surface area (TPSA) is 773 Å². The smallest absolute Gasteiger partial charge is 0.473 e. The fourth-order valence-electron chi connectivity index (χ4n) is 9.68. The highest BCUT2D eigenvalue weighted by Gasteiger charge is 2.36. The van der Waals surface area contributed by atoms with Crippen LogP contribution in [0.1, 0.15) is 110 Å². The first-order valence-electron chi connectivity index (χ1n) is 31.8. The Labute approximate surface area is 598 Å². The van der Waals surface area contributed by atoms with Crippen molar-refractivity contribution in [3.8, 4) is 11.3 Å². The molecule has 0 saturated heterocycles. The Balaban J connectivity index is 1.44. The lowest BCUT2D eigenvalue weighted by Crippen LogP contribution is -2.47. The summed E-state index contributed by atoms with van der Waals surface area (Å²) < 4.78 is 23.3. The highest BCUT2D eigenvalue weighted by Crippen LogP contribution is 2.45. The van der Waals surface area contributed by atoms with Gasteiger partial charge >= 0.3 is 67.2 Å². The standard InChI is InChI=1S/C59H78N11O36P/c1-24(106-107(103,104)105-23-38(73)47(83)37(72)22-70-36-21-26(71)3-2-25(36)20-27-48(70)68-59(102)69-50(27)85)49(84)67-35(58(100)101)10-18-45(80)65-33(56(96)97)8-16-43(78)63-31(54(92)93)6-14-41(76)61-29(52(88)89)4-12-39(74)60-28(51(86)87)5-13-40(75)62-30(53(90)91)7-15-42(77)64-32(55(94)95)9-17-44(79)66-34(57(98)99)11-19-46(81)82/h2-3,20-21,24,28-35,37-38,47,72-73,83H,4-19,22-23H2,1H3,(H,60,74)(H,61,76)(H,62,75)(H,63,78)(H,64,77)(H,65,80)(H,66,79)(H,67,84)(H,81,82)(H,86,87)(H,88,89)(H,90,91)(H,92,93)(H,94,95)(H,96,97)(H,98,99)(H,100,101)(H,103,104)(H2,68,69,85,102)/t24-,28-,29-,30-,31-,32-,33-,34-,35-,37-,38+,47-/m0/s1. The molecule has 0 spiro atoms. The van der Waals surface area contributed by atoms with Crippen LogP contribution in [0.3, 0.4) is 0 Å². The lowest BCUT2D eigenvalue weighted by molar-refractivity contribution is -0.144. The summed E-state index contributed by atoms with van der Waals surface area (Å²) in [5, 5.41) is 134. The van der Waals surface area contributed by atoms with Crippen LogP contribution < -0.4 is 59.2 Å². The summed E-state index contributed by atoms with van der Waals surface area (Å²) in [4.78, 5) is 259. The Hall–Kier alpha value is -11.6. The Morgan fingerprint density at radius 2 is 0.748 bits per heavy atom. The first kappa shape index (κ1) is 89.6. The van der Waals surface area contributed by atoms with Gasteiger partial charge in [-0.3, -0.25) is 71.8 Å². The van der Waals surface area contributed by atoms with E-state index in [0.29, 0.717) is 0 Å². The molecule has 47 nitrogen and oxygen atoms in total. The van der Waals surface area contributed by atoms with Crippen LogP contribution in [0.15, 0.2) is 38.6 Å². The lowest BCUT2D eigenvalue weighted by atomic mass is 10.0. The quantitative estimate of drug-likeness (QED) is 0.0184. The third-order valence-corrected chi connectivity index (χ3v) is 16.4. The summed E-state index contributed by atoms with van der Waals surface area (Å²) in [6.45, 7) is -1.18. The number of aromatic nitrogens is 3. The molecule has 1 unspecified atom stereocenters. The van der Waals surface area contributed by atoms with Gasteiger partial charge in [0, 0.05) is 57.4 Å². The third kappa shape index (κ3) is 31.3. The number of aliphatic carboxylic acids is 9. The van der Waals surface area contributed by atoms with Gasteiger partial charge in [-0.25, -0.2) is 47.7 Å². The summed E-state index contributed by atoms with van der Waals surface area (Å²) in [5.41, 5.74) is -2.27. The molecular formula is C59H78N11O36P. The normalized spacial score (nSPS) is 15.1. The van der Waals surface area contributed by atoms with Crippen LogP contribution in [-0.2, 0) is 102 Å². The maximum atomic E-state index is 12.9. The molecule has 1 aromatic heterocycles. The van der Waals surface area contributed by atoms with Gasteiger partial charge in [-0.05, 0) is 82.1 Å². The van der Waals surface area contributed by atoms with Gasteiger partial charge in [0.05, 0.1) is 24.2 Å². The van der Waals surface area contributed by atoms with Crippen molar-refractivity contribution < 1.29 is 161 Å². The number of nitrogens with zero attached hydrogens (tertiary/aromatic N) is 1. The maximum absolute atomic E-state index is 12.9. The van der Waals surface area contributed by atoms with Gasteiger partial charge in [0.15, 0.2) is 5.43 Å². The number of aromatic amines is 2. The zero-order chi connectivity index (χ0) is 80.9. The van der Waals surface area contributed by atoms with E-state index in [-0.39, 0.29) is 22.3 Å². The number of hydrogen-bond acceptors (Lipinski definition) is 26. The van der Waals surface area contributed by atoms with E-state index in [1.54, 1.807) is 0 Å². The van der Waals surface area contributed by atoms with Crippen LogP contribution in [0.2, 0.25) is 0 Å². The Kier molecular flexibility index (Phi) is 35.4. The molecule has 2 aliphatic rings. The number of H-pyrrole nitrogens is 2. The number of carbonyl (C=O) groups is 17. The van der Waals surface area contributed by atoms with Crippen LogP contribution in [0.4, 0.5) is 0 Å². The number of hydrogen-bond donors (Lipinski definition) is 23. The predicted octanol–water partition coefficient (Wildman–Crippen LogP) is -7.03. The number of pyridine rings is 1. The molecule has 8 amide bonds. The SMILES string of the molecule is C[C@H](OP(=O)(O)OC[C@@H](O)[C@@H](O)[C@@H](O)Cn1c2cc(=O)ccc-2cc2c(=O)[nH]c(=O)[nH]c21)C(=O)N[C@@H](CCC(=O)N[C@@H](CCC(=O)N[C@@H](CCC(=O)N[C@@H](CCC(=O)N[C@@H](CCC(=O)N[C@@H](CCC(=O)N[C@@H](CCC(=O)N[C@@H](CCC(=O)O)C(=O)O)C(=O)O)C(=O)O)C(=O)O)C(=O)O)C(=O)O)C(=O)O)C(=O)O. The van der Waals surface area contributed by atoms with Gasteiger partial charge < -0.3 is 113 Å². The molecule has 2 heterocycles. The van der Waals surface area contributed by atoms with E-state index in [2.05, 4.69) is 9.51 Å². The van der Waals surface area contributed by atoms with Gasteiger partial charge in [0.25, 0.3) is 5.56 Å². The zero-order valence-electron chi connectivity index (χ0n) is 56.1. The third-order valence-electron chi connectivity index (χ3n) is 15.4. The van der Waals surface area contributed by atoms with E-state index in [1.807, 2.05) is 47.5 Å². The van der Waals surface area contributed by atoms with Gasteiger partial charge in [-0.15, -0.1) is 0 Å². The number of rotatable bonds is 50. The molecule has 0 radical (unpaired) electrons. The van der Waals surface area contributed by atoms with Crippen molar-refractivity contribution >= 4 is 120 Å². The minimum absolute atomic E-state index is 0.0591. The fraction of sp³-hybridized carbons (Fsp3) is 0.525. The first-order valence-corrected chi connectivity index (χ1v) is 33.3. The van der Waals surface area contributed by atoms with Gasteiger partial charge in [0.1, 0.15) is 78.4 Å². The summed E-state index contributed by atoms with van der Waals surface area (Å²) in [6, 6.07) is -9.91. The van der Waals surface area contributed by atoms with Crippen LogP contribution in [0.5, 0.6) is 0 Å². The molecule has 0 saturated carbocycles. The van der Waals surface area contributed by atoms with E-state index >= 15 is 0 Å². The first-order chi connectivity index (χ1) is 49.9. The molecule has 590 valence electrons. The van der Waals surface area contributed by atoms with Gasteiger partial charge in [0.2, 0.25) is 47.3 Å². The maximum Gasteiger partial charge on any atom is 0.473 e. The van der Waals surface area contributed by atoms with Crippen molar-refractivity contribution in [2.45, 2.75) is 189 Å². The highest BCUT2D eigenvalue weighted by atomic mass is 31.2. The summed E-state index contributed by atoms with van der Waals surface area (Å²) >= 11 is 0. The summed E-state index contributed by atoms with van der Waals surface area (Å²) in [5.74, 6) is -24.4. The van der Waals surface area contributed by atoms with Crippen molar-refractivity contribution in [3.05, 3.63) is 55.3 Å². The van der Waals surface area contributed by atoms with E-state index in [1.165, 1.54) is 12.1 Å². The average Bonchev–Trinajstić information content (AvgIpc) is 0.758. The number of aliphatic hydroxyl groups is 3. The molecule has 23 N–H and O–H groups in total. The zero-order valence-corrected chi connectivity index (χ0v) is 57.0. The molecule has 3 rings (SSSR count). The van der Waals surface area contributed by atoms with Crippen molar-refractivity contribution in [2.75, 3.05) is 6.61 Å². The number of carbonyl (C=O) groups excluding carboxylic acids is 8. The van der Waals surface area contributed by atoms with Crippen LogP contribution >= 0.6 is 7.82 Å².